The van der Waals surface area contributed by atoms with Gasteiger partial charge in [0.05, 0.1) is 33.7 Å². The molecule has 2 aliphatic rings. The predicted molar refractivity (Wildman–Crippen MR) is 308 cm³/mol. The number of esters is 1. The molecule has 0 aliphatic carbocycles. The van der Waals surface area contributed by atoms with Crippen LogP contribution >= 0.6 is 31.0 Å². The van der Waals surface area contributed by atoms with Crippen LogP contribution in [-0.2, 0) is 34.0 Å². The van der Waals surface area contributed by atoms with Crippen molar-refractivity contribution in [2.24, 2.45) is 5.41 Å². The van der Waals surface area contributed by atoms with E-state index in [9.17, 15) is 26.2 Å². The lowest BCUT2D eigenvalue weighted by Crippen LogP contribution is -2.59. The summed E-state index contributed by atoms with van der Waals surface area (Å²) < 4.78 is 91.7. The van der Waals surface area contributed by atoms with E-state index in [1.54, 1.807) is 61.2 Å². The number of aryl methyl sites for hydroxylation is 1. The molecule has 15 nitrogen and oxygen atoms in total. The number of rotatable bonds is 22. The minimum absolute atomic E-state index is 0.00778. The van der Waals surface area contributed by atoms with Gasteiger partial charge in [0.25, 0.3) is 10.0 Å². The van der Waals surface area contributed by atoms with E-state index < -0.39 is 38.7 Å². The fraction of sp³-hybridized carbons (Fsp3) is 0.375. The summed E-state index contributed by atoms with van der Waals surface area (Å²) in [4.78, 5) is 38.9. The molecular formula is C56H67ClFN6O9PS3. The first kappa shape index (κ1) is 57.8. The molecule has 0 amide bonds. The molecule has 0 unspecified atom stereocenters. The van der Waals surface area contributed by atoms with E-state index in [-0.39, 0.29) is 47.0 Å². The van der Waals surface area contributed by atoms with Crippen molar-refractivity contribution in [3.05, 3.63) is 137 Å². The number of anilines is 4. The van der Waals surface area contributed by atoms with Crippen LogP contribution in [0, 0.1) is 25.1 Å². The normalized spacial score (nSPS) is 15.6. The molecule has 5 aromatic carbocycles. The number of benzene rings is 5. The molecule has 412 valence electrons. The average Bonchev–Trinajstić information content (AvgIpc) is 3.70. The number of nitrogens with one attached hydrogen (secondary N) is 2. The number of carbonyl (C=O) groups excluding carboxylic acids is 1. The number of aromatic nitrogens is 1. The molecule has 0 radical (unpaired) electrons. The van der Waals surface area contributed by atoms with Crippen molar-refractivity contribution in [2.75, 3.05) is 90.4 Å². The van der Waals surface area contributed by atoms with E-state index in [0.717, 1.165) is 39.6 Å². The summed E-state index contributed by atoms with van der Waals surface area (Å²) in [6.45, 7) is 13.4. The lowest BCUT2D eigenvalue weighted by Gasteiger charge is -2.46. The van der Waals surface area contributed by atoms with Gasteiger partial charge in [-0.25, -0.2) is 21.2 Å². The van der Waals surface area contributed by atoms with Crippen LogP contribution in [0.5, 0.6) is 0 Å². The summed E-state index contributed by atoms with van der Waals surface area (Å²) >= 11 is 7.98. The third-order valence-electron chi connectivity index (χ3n) is 14.0. The molecule has 0 saturated carbocycles. The number of hydrogen-bond donors (Lipinski definition) is 4. The Morgan fingerprint density at radius 1 is 0.857 bits per heavy atom. The zero-order valence-corrected chi connectivity index (χ0v) is 48.2. The Morgan fingerprint density at radius 2 is 1.51 bits per heavy atom. The number of halogens is 2. The third kappa shape index (κ3) is 14.3. The van der Waals surface area contributed by atoms with Crippen molar-refractivity contribution in [3.8, 4) is 22.4 Å². The highest BCUT2D eigenvalue weighted by molar-refractivity contribution is 7.99. The molecule has 8 rings (SSSR count). The minimum atomic E-state index is -4.15. The molecule has 21 heteroatoms. The third-order valence-corrected chi connectivity index (χ3v) is 19.0. The first-order chi connectivity index (χ1) is 36.4. The largest absolute Gasteiger partial charge is 0.465 e. The number of thioether (sulfide) groups is 1. The molecule has 2 aliphatic heterocycles. The van der Waals surface area contributed by atoms with E-state index in [1.807, 2.05) is 80.8 Å². The van der Waals surface area contributed by atoms with Crippen LogP contribution < -0.4 is 19.8 Å². The van der Waals surface area contributed by atoms with Crippen molar-refractivity contribution in [1.29, 1.82) is 0 Å². The SMILES string of the molecule is Cc1cc(S(=O)(=O)Nc2ccc(N3CCN(c4cc(F)cc(-c5c(S(C)(=O)=O)c(C)n(C(C)C)c5-c5ccc(Cl)cc5)c4)CC3)cc2)ccc1N[C@H](CCN1CC(C)(C(=O)OCCCP(=O)(O)O)C1)CSc1ccccc1. The number of nitrogens with zero attached hydrogens (tertiary/aromatic N) is 4. The second kappa shape index (κ2) is 23.9. The fourth-order valence-corrected chi connectivity index (χ4v) is 14.3. The fourth-order valence-electron chi connectivity index (χ4n) is 10.3. The Hall–Kier alpha value is -5.37. The highest BCUT2D eigenvalue weighted by Gasteiger charge is 2.46. The lowest BCUT2D eigenvalue weighted by molar-refractivity contribution is -0.165. The number of piperazine rings is 1. The van der Waals surface area contributed by atoms with Crippen LogP contribution in [0.25, 0.3) is 22.4 Å². The molecule has 1 atom stereocenters. The molecular weight excluding hydrogens is 1080 g/mol. The van der Waals surface area contributed by atoms with E-state index in [1.165, 1.54) is 18.4 Å². The van der Waals surface area contributed by atoms with E-state index in [0.29, 0.717) is 84.7 Å². The molecule has 77 heavy (non-hydrogen) atoms. The summed E-state index contributed by atoms with van der Waals surface area (Å²) in [7, 11) is -11.9. The number of sulfonamides is 1. The molecule has 4 N–H and O–H groups in total. The summed E-state index contributed by atoms with van der Waals surface area (Å²) in [5.41, 5.74) is 5.71. The van der Waals surface area contributed by atoms with Crippen molar-refractivity contribution in [1.82, 2.24) is 9.47 Å². The highest BCUT2D eigenvalue weighted by atomic mass is 35.5. The maximum absolute atomic E-state index is 15.8. The van der Waals surface area contributed by atoms with Crippen LogP contribution in [-0.4, -0.2) is 119 Å². The van der Waals surface area contributed by atoms with Gasteiger partial charge in [-0.3, -0.25) is 14.1 Å². The van der Waals surface area contributed by atoms with Crippen LogP contribution in [0.2, 0.25) is 5.02 Å². The van der Waals surface area contributed by atoms with Gasteiger partial charge < -0.3 is 39.1 Å². The van der Waals surface area contributed by atoms with Gasteiger partial charge in [0.15, 0.2) is 9.84 Å². The van der Waals surface area contributed by atoms with Crippen LogP contribution in [0.15, 0.2) is 130 Å². The zero-order valence-electron chi connectivity index (χ0n) is 44.1. The number of likely N-dealkylation sites (tertiary alicyclic amines) is 1. The molecule has 1 aromatic heterocycles. The van der Waals surface area contributed by atoms with Gasteiger partial charge in [-0.05, 0) is 149 Å². The smallest absolute Gasteiger partial charge is 0.325 e. The Balaban J connectivity index is 0.892. The van der Waals surface area contributed by atoms with Gasteiger partial charge in [-0.2, -0.15) is 0 Å². The highest BCUT2D eigenvalue weighted by Crippen LogP contribution is 2.45. The van der Waals surface area contributed by atoms with Gasteiger partial charge in [-0.15, -0.1) is 11.8 Å². The standard InChI is InChI=1S/C56H67ClFN6O9PS3/c1-38(2)64-40(4)54(76(6,69)70)52(53(64)41-13-15-43(57)16-14-41)42-32-44(58)34-48(33-42)63-27-25-62(26-28-63)47-19-17-45(18-20-47)60-77(71,72)50-21-22-51(39(3)31-50)59-46(35-75-49-11-8-7-9-12-49)23-24-61-36-56(5,37-61)55(65)73-29-10-30-74(66,67)68/h7-9,11-22,31-34,38,46,59-60H,10,23-30,35-37H2,1-6H3,(H2,66,67,68)/t46-/m1/s1. The van der Waals surface area contributed by atoms with E-state index in [2.05, 4.69) is 36.9 Å². The van der Waals surface area contributed by atoms with Crippen molar-refractivity contribution >= 4 is 79.5 Å². The van der Waals surface area contributed by atoms with Gasteiger partial charge in [0.1, 0.15) is 5.82 Å². The number of sulfone groups is 1. The number of ether oxygens (including phenoxy) is 1. The quantitative estimate of drug-likeness (QED) is 0.0217. The summed E-state index contributed by atoms with van der Waals surface area (Å²) in [5.74, 6) is -0.127. The van der Waals surface area contributed by atoms with Gasteiger partial charge in [-0.1, -0.05) is 41.9 Å². The molecule has 2 saturated heterocycles. The molecule has 3 heterocycles. The summed E-state index contributed by atoms with van der Waals surface area (Å²) in [5, 5.41) is 4.20. The minimum Gasteiger partial charge on any atom is -0.465 e. The Kier molecular flexibility index (Phi) is 18.0. The topological polar surface area (TPSA) is 191 Å². The summed E-state index contributed by atoms with van der Waals surface area (Å²) in [6.07, 6.45) is 1.69. The summed E-state index contributed by atoms with van der Waals surface area (Å²) in [6, 6.07) is 34.2. The monoisotopic (exact) mass is 1150 g/mol. The van der Waals surface area contributed by atoms with Gasteiger partial charge in [0, 0.05) is 114 Å². The maximum atomic E-state index is 15.8. The molecule has 0 spiro atoms. The van der Waals surface area contributed by atoms with Crippen molar-refractivity contribution in [3.63, 3.8) is 0 Å². The predicted octanol–water partition coefficient (Wildman–Crippen LogP) is 10.7. The van der Waals surface area contributed by atoms with E-state index in [4.69, 9.17) is 26.1 Å². The van der Waals surface area contributed by atoms with Gasteiger partial charge >= 0.3 is 13.6 Å². The average molecular weight is 1150 g/mol. The van der Waals surface area contributed by atoms with Crippen molar-refractivity contribution < 1.29 is 45.1 Å². The zero-order chi connectivity index (χ0) is 55.5. The second-order valence-corrected chi connectivity index (χ2v) is 27.5. The first-order valence-electron chi connectivity index (χ1n) is 25.5. The molecule has 2 fully saturated rings. The number of carbonyl (C=O) groups is 1. The van der Waals surface area contributed by atoms with Crippen LogP contribution in [0.3, 0.4) is 0 Å². The molecule has 0 bridgehead atoms. The van der Waals surface area contributed by atoms with E-state index >= 15 is 4.39 Å². The van der Waals surface area contributed by atoms with Gasteiger partial charge in [0.2, 0.25) is 0 Å². The van der Waals surface area contributed by atoms with Crippen LogP contribution in [0.1, 0.15) is 50.9 Å². The Labute approximate surface area is 461 Å². The Morgan fingerprint density at radius 3 is 2.12 bits per heavy atom. The number of hydrogen-bond acceptors (Lipinski definition) is 12. The maximum Gasteiger partial charge on any atom is 0.325 e. The second-order valence-electron chi connectivity index (χ2n) is 20.6. The Bertz CT molecular complexity index is 3350. The molecule has 6 aromatic rings. The van der Waals surface area contributed by atoms with Crippen LogP contribution in [0.4, 0.5) is 27.1 Å². The van der Waals surface area contributed by atoms with Crippen molar-refractivity contribution in [2.45, 2.75) is 74.2 Å². The lowest BCUT2D eigenvalue weighted by atomic mass is 9.82. The first-order valence-corrected chi connectivity index (χ1v) is 32.0.